The van der Waals surface area contributed by atoms with E-state index in [9.17, 15) is 0 Å². The Labute approximate surface area is 331 Å². The fourth-order valence-electron chi connectivity index (χ4n) is 8.49. The van der Waals surface area contributed by atoms with E-state index in [-0.39, 0.29) is 0 Å². The summed E-state index contributed by atoms with van der Waals surface area (Å²) in [6, 6.07) is 60.7. The van der Waals surface area contributed by atoms with E-state index in [0.717, 1.165) is 56.5 Å². The van der Waals surface area contributed by atoms with Gasteiger partial charge in [0.1, 0.15) is 0 Å². The molecule has 266 valence electrons. The van der Waals surface area contributed by atoms with Crippen LogP contribution in [0.1, 0.15) is 11.1 Å². The Kier molecular flexibility index (Phi) is 7.89. The molecule has 0 radical (unpaired) electrons. The Morgan fingerprint density at radius 1 is 0.404 bits per heavy atom. The van der Waals surface area contributed by atoms with Gasteiger partial charge in [0.2, 0.25) is 0 Å². The lowest BCUT2D eigenvalue weighted by Gasteiger charge is -2.16. The zero-order valence-corrected chi connectivity index (χ0v) is 31.1. The van der Waals surface area contributed by atoms with Crippen molar-refractivity contribution >= 4 is 49.3 Å². The lowest BCUT2D eigenvalue weighted by molar-refractivity contribution is 1.18. The van der Waals surface area contributed by atoms with E-state index in [1.807, 2.05) is 18.3 Å². The zero-order chi connectivity index (χ0) is 37.7. The topological polar surface area (TPSA) is 38.7 Å². The van der Waals surface area contributed by atoms with E-state index in [4.69, 9.17) is 15.0 Å². The summed E-state index contributed by atoms with van der Waals surface area (Å²) in [5.41, 5.74) is 13.0. The Hall–Kier alpha value is -7.49. The average Bonchev–Trinajstić information content (AvgIpc) is 3.55. The van der Waals surface area contributed by atoms with Crippen LogP contribution >= 0.6 is 0 Å². The van der Waals surface area contributed by atoms with E-state index in [1.165, 1.54) is 54.6 Å². The van der Waals surface area contributed by atoms with Crippen LogP contribution in [0.5, 0.6) is 0 Å². The average molecular weight is 726 g/mol. The van der Waals surface area contributed by atoms with E-state index < -0.39 is 0 Å². The Bertz CT molecular complexity index is 3250. The van der Waals surface area contributed by atoms with Gasteiger partial charge in [-0.1, -0.05) is 164 Å². The molecule has 0 N–H and O–H groups in total. The number of aromatic nitrogens is 3. The highest BCUT2D eigenvalue weighted by molar-refractivity contribution is 6.13. The monoisotopic (exact) mass is 725 g/mol. The third-order valence-corrected chi connectivity index (χ3v) is 11.4. The zero-order valence-electron chi connectivity index (χ0n) is 31.1. The van der Waals surface area contributed by atoms with E-state index in [0.29, 0.717) is 5.82 Å². The van der Waals surface area contributed by atoms with Gasteiger partial charge in [0.25, 0.3) is 0 Å². The third-order valence-electron chi connectivity index (χ3n) is 11.4. The summed E-state index contributed by atoms with van der Waals surface area (Å²) in [6.07, 6.45) is 11.6. The van der Waals surface area contributed by atoms with Crippen molar-refractivity contribution in [1.82, 2.24) is 15.0 Å². The molecule has 0 bridgehead atoms. The molecule has 0 aliphatic heterocycles. The van der Waals surface area contributed by atoms with Crippen LogP contribution in [0.2, 0.25) is 0 Å². The molecule has 0 spiro atoms. The van der Waals surface area contributed by atoms with Crippen molar-refractivity contribution in [1.29, 1.82) is 0 Å². The largest absolute Gasteiger partial charge is 0.256 e. The highest BCUT2D eigenvalue weighted by atomic mass is 14.9. The van der Waals surface area contributed by atoms with Gasteiger partial charge in [0.15, 0.2) is 5.82 Å². The Morgan fingerprint density at radius 2 is 1.02 bits per heavy atom. The van der Waals surface area contributed by atoms with Gasteiger partial charge in [0, 0.05) is 33.8 Å². The van der Waals surface area contributed by atoms with Gasteiger partial charge in [-0.25, -0.2) is 9.97 Å². The predicted molar refractivity (Wildman–Crippen MR) is 239 cm³/mol. The van der Waals surface area contributed by atoms with Crippen LogP contribution in [0.15, 0.2) is 194 Å². The number of allylic oxidation sites excluding steroid dienone is 3. The first-order valence-electron chi connectivity index (χ1n) is 19.5. The standard InChI is InChI=1S/C54H35N3/c1-2-17-46-44-16-8-5-13-40(44)32-50(48(46)18-3-1)53-33-52(56-54(57-53)38-28-22-35(23-29-38)42-30-41-14-6-11-21-51(41)55-34-42)37-26-24-36(25-27-37)49-31-39-12-4-7-15-43(39)45-19-9-10-20-47(45)49/h1-16,18-34H,17H2. The summed E-state index contributed by atoms with van der Waals surface area (Å²) < 4.78 is 0. The molecule has 0 atom stereocenters. The van der Waals surface area contributed by atoms with Crippen molar-refractivity contribution in [2.75, 3.05) is 0 Å². The fourth-order valence-corrected chi connectivity index (χ4v) is 8.49. The Balaban J connectivity index is 1.06. The molecule has 1 aliphatic carbocycles. The minimum absolute atomic E-state index is 0.688. The van der Waals surface area contributed by atoms with Crippen LogP contribution in [0.3, 0.4) is 0 Å². The van der Waals surface area contributed by atoms with Crippen LogP contribution in [0, 0.1) is 0 Å². The second-order valence-electron chi connectivity index (χ2n) is 14.8. The van der Waals surface area contributed by atoms with E-state index >= 15 is 0 Å². The van der Waals surface area contributed by atoms with Gasteiger partial charge in [-0.05, 0) is 96.9 Å². The van der Waals surface area contributed by atoms with Crippen molar-refractivity contribution < 1.29 is 0 Å². The van der Waals surface area contributed by atoms with E-state index in [2.05, 4.69) is 182 Å². The lowest BCUT2D eigenvalue weighted by Crippen LogP contribution is -1.99. The highest BCUT2D eigenvalue weighted by Gasteiger charge is 2.18. The molecule has 0 saturated heterocycles. The maximum Gasteiger partial charge on any atom is 0.160 e. The smallest absolute Gasteiger partial charge is 0.160 e. The number of hydrogen-bond donors (Lipinski definition) is 0. The normalized spacial score (nSPS) is 12.4. The van der Waals surface area contributed by atoms with Crippen molar-refractivity contribution in [2.45, 2.75) is 6.42 Å². The lowest BCUT2D eigenvalue weighted by atomic mass is 9.90. The molecule has 11 rings (SSSR count). The summed E-state index contributed by atoms with van der Waals surface area (Å²) in [5.74, 6) is 0.688. The molecule has 0 unspecified atom stereocenters. The number of nitrogens with zero attached hydrogens (tertiary/aromatic N) is 3. The summed E-state index contributed by atoms with van der Waals surface area (Å²) in [4.78, 5) is 15.3. The molecule has 2 heterocycles. The first-order valence-corrected chi connectivity index (χ1v) is 19.5. The molecular formula is C54H35N3. The van der Waals surface area contributed by atoms with Crippen LogP contribution in [0.25, 0.3) is 105 Å². The summed E-state index contributed by atoms with van der Waals surface area (Å²) in [5, 5.41) is 8.63. The highest BCUT2D eigenvalue weighted by Crippen LogP contribution is 2.39. The molecule has 0 amide bonds. The van der Waals surface area contributed by atoms with Gasteiger partial charge in [-0.2, -0.15) is 0 Å². The fraction of sp³-hybridized carbons (Fsp3) is 0.0185. The number of benzene rings is 8. The summed E-state index contributed by atoms with van der Waals surface area (Å²) in [7, 11) is 0. The maximum absolute atomic E-state index is 5.34. The number of pyridine rings is 1. The van der Waals surface area contributed by atoms with Crippen LogP contribution in [-0.2, 0) is 6.42 Å². The molecule has 2 aromatic heterocycles. The number of rotatable bonds is 5. The van der Waals surface area contributed by atoms with Crippen molar-refractivity contribution in [3.8, 4) is 56.2 Å². The summed E-state index contributed by atoms with van der Waals surface area (Å²) >= 11 is 0. The minimum atomic E-state index is 0.688. The Morgan fingerprint density at radius 3 is 1.84 bits per heavy atom. The molecular weight excluding hydrogens is 691 g/mol. The van der Waals surface area contributed by atoms with Gasteiger partial charge < -0.3 is 0 Å². The van der Waals surface area contributed by atoms with Gasteiger partial charge in [0.05, 0.1) is 16.9 Å². The van der Waals surface area contributed by atoms with Crippen LogP contribution < -0.4 is 0 Å². The summed E-state index contributed by atoms with van der Waals surface area (Å²) in [6.45, 7) is 0. The SMILES string of the molecule is C1=CCc2c(c(-c3cc(-c4ccc(-c5cc6ccccc6c6ccccc56)cc4)nc(-c4ccc(-c5cnc6ccccc6c5)cc4)n3)cc3ccccc23)C=C1. The van der Waals surface area contributed by atoms with Gasteiger partial charge in [-0.3, -0.25) is 4.98 Å². The van der Waals surface area contributed by atoms with Crippen molar-refractivity contribution in [3.05, 3.63) is 205 Å². The molecule has 1 aliphatic rings. The quantitative estimate of drug-likeness (QED) is 0.166. The molecule has 0 fully saturated rings. The van der Waals surface area contributed by atoms with Crippen molar-refractivity contribution in [2.24, 2.45) is 0 Å². The second-order valence-corrected chi connectivity index (χ2v) is 14.8. The predicted octanol–water partition coefficient (Wildman–Crippen LogP) is 13.9. The number of hydrogen-bond acceptors (Lipinski definition) is 3. The minimum Gasteiger partial charge on any atom is -0.256 e. The van der Waals surface area contributed by atoms with Crippen LogP contribution in [0.4, 0.5) is 0 Å². The molecule has 57 heavy (non-hydrogen) atoms. The molecule has 3 nitrogen and oxygen atoms in total. The first kappa shape index (κ1) is 32.9. The number of fused-ring (bicyclic) bond motifs is 7. The maximum atomic E-state index is 5.34. The number of para-hydroxylation sites is 1. The molecule has 10 aromatic rings. The third kappa shape index (κ3) is 5.89. The second kappa shape index (κ2) is 13.7. The molecule has 8 aromatic carbocycles. The molecule has 0 saturated carbocycles. The van der Waals surface area contributed by atoms with Crippen molar-refractivity contribution in [3.63, 3.8) is 0 Å². The van der Waals surface area contributed by atoms with Gasteiger partial charge >= 0.3 is 0 Å². The van der Waals surface area contributed by atoms with Gasteiger partial charge in [-0.15, -0.1) is 0 Å². The van der Waals surface area contributed by atoms with E-state index in [1.54, 1.807) is 0 Å². The van der Waals surface area contributed by atoms with Crippen LogP contribution in [-0.4, -0.2) is 15.0 Å². The first-order chi connectivity index (χ1) is 28.2. The molecule has 3 heteroatoms.